The number of anilines is 1. The number of carbonyl (C=O) groups excluding carboxylic acids is 1. The van der Waals surface area contributed by atoms with E-state index in [2.05, 4.69) is 12.2 Å². The summed E-state index contributed by atoms with van der Waals surface area (Å²) in [5.74, 6) is 1.26. The van der Waals surface area contributed by atoms with Crippen molar-refractivity contribution in [2.45, 2.75) is 26.1 Å². The molecule has 5 nitrogen and oxygen atoms in total. The molecule has 166 valence electrons. The van der Waals surface area contributed by atoms with Crippen LogP contribution in [0.5, 0.6) is 11.5 Å². The molecule has 1 aliphatic heterocycles. The number of nitrogens with one attached hydrogen (secondary N) is 1. The topological polar surface area (TPSA) is 50.8 Å². The smallest absolute Gasteiger partial charge is 0.257 e. The van der Waals surface area contributed by atoms with Crippen molar-refractivity contribution in [3.63, 3.8) is 0 Å². The van der Waals surface area contributed by atoms with E-state index in [0.717, 1.165) is 23.2 Å². The van der Waals surface area contributed by atoms with Crippen LogP contribution in [-0.2, 0) is 6.61 Å². The quantitative estimate of drug-likeness (QED) is 0.424. The second-order valence-corrected chi connectivity index (χ2v) is 8.37. The molecule has 3 aromatic rings. The van der Waals surface area contributed by atoms with Crippen LogP contribution in [0.15, 0.2) is 60.7 Å². The lowest BCUT2D eigenvalue weighted by atomic mass is 10.0. The maximum atomic E-state index is 13.2. The molecule has 0 radical (unpaired) electrons. The van der Waals surface area contributed by atoms with Crippen molar-refractivity contribution in [1.82, 2.24) is 4.90 Å². The number of nitrogens with zero attached hydrogens (tertiary/aromatic N) is 1. The monoisotopic (exact) mass is 470 g/mol. The maximum Gasteiger partial charge on any atom is 0.257 e. The zero-order chi connectivity index (χ0) is 22.7. The molecule has 1 unspecified atom stereocenters. The average molecular weight is 471 g/mol. The van der Waals surface area contributed by atoms with Gasteiger partial charge in [-0.3, -0.25) is 4.79 Å². The maximum absolute atomic E-state index is 13.2. The molecule has 7 heteroatoms. The van der Waals surface area contributed by atoms with Crippen molar-refractivity contribution in [2.75, 3.05) is 19.0 Å². The molecule has 0 saturated heterocycles. The van der Waals surface area contributed by atoms with Gasteiger partial charge in [0, 0.05) is 22.8 Å². The third kappa shape index (κ3) is 4.50. The Morgan fingerprint density at radius 2 is 1.81 bits per heavy atom. The standard InChI is InChI=1S/C25H24Cl2N2O3/c1-3-12-29-24(28-21-7-5-4-6-19(21)25(29)30)16-8-10-22(31-2)17(13-16)15-32-23-11-9-18(26)14-20(23)27/h4-11,13-14,24,28H,3,12,15H2,1-2H3. The van der Waals surface area contributed by atoms with Crippen molar-refractivity contribution in [3.8, 4) is 11.5 Å². The molecule has 0 spiro atoms. The second-order valence-electron chi connectivity index (χ2n) is 7.53. The number of hydrogen-bond acceptors (Lipinski definition) is 4. The van der Waals surface area contributed by atoms with Gasteiger partial charge in [-0.25, -0.2) is 0 Å². The molecule has 1 aliphatic rings. The van der Waals surface area contributed by atoms with Gasteiger partial charge in [-0.2, -0.15) is 0 Å². The zero-order valence-electron chi connectivity index (χ0n) is 17.9. The molecular formula is C25H24Cl2N2O3. The Bertz CT molecular complexity index is 1140. The van der Waals surface area contributed by atoms with E-state index in [1.807, 2.05) is 47.4 Å². The normalized spacial score (nSPS) is 15.2. The molecule has 0 saturated carbocycles. The number of hydrogen-bond donors (Lipinski definition) is 1. The molecule has 32 heavy (non-hydrogen) atoms. The summed E-state index contributed by atoms with van der Waals surface area (Å²) >= 11 is 12.2. The Labute approximate surface area is 197 Å². The SMILES string of the molecule is CCCN1C(=O)c2ccccc2NC1c1ccc(OC)c(COc2ccc(Cl)cc2Cl)c1. The number of ether oxygens (including phenoxy) is 2. The average Bonchev–Trinajstić information content (AvgIpc) is 2.80. The van der Waals surface area contributed by atoms with Gasteiger partial charge in [0.25, 0.3) is 5.91 Å². The highest BCUT2D eigenvalue weighted by molar-refractivity contribution is 6.35. The van der Waals surface area contributed by atoms with Gasteiger partial charge in [-0.05, 0) is 54.4 Å². The Balaban J connectivity index is 1.65. The fourth-order valence-electron chi connectivity index (χ4n) is 3.86. The Morgan fingerprint density at radius 3 is 2.56 bits per heavy atom. The minimum absolute atomic E-state index is 0.0211. The first-order valence-electron chi connectivity index (χ1n) is 10.4. The highest BCUT2D eigenvalue weighted by Gasteiger charge is 2.32. The molecular weight excluding hydrogens is 447 g/mol. The molecule has 1 atom stereocenters. The summed E-state index contributed by atoms with van der Waals surface area (Å²) < 4.78 is 11.5. The number of para-hydroxylation sites is 1. The molecule has 0 bridgehead atoms. The van der Waals surface area contributed by atoms with Crippen LogP contribution >= 0.6 is 23.2 Å². The molecule has 0 fully saturated rings. The molecule has 0 aliphatic carbocycles. The van der Waals surface area contributed by atoms with Crippen LogP contribution in [0.3, 0.4) is 0 Å². The van der Waals surface area contributed by atoms with Crippen LogP contribution in [0, 0.1) is 0 Å². The summed E-state index contributed by atoms with van der Waals surface area (Å²) in [6, 6.07) is 18.6. The zero-order valence-corrected chi connectivity index (χ0v) is 19.4. The minimum atomic E-state index is -0.291. The van der Waals surface area contributed by atoms with Crippen molar-refractivity contribution in [1.29, 1.82) is 0 Å². The summed E-state index contributed by atoms with van der Waals surface area (Å²) in [5.41, 5.74) is 3.31. The Morgan fingerprint density at radius 1 is 1.03 bits per heavy atom. The predicted octanol–water partition coefficient (Wildman–Crippen LogP) is 6.56. The lowest BCUT2D eigenvalue weighted by molar-refractivity contribution is 0.0683. The largest absolute Gasteiger partial charge is 0.496 e. The van der Waals surface area contributed by atoms with Crippen LogP contribution in [-0.4, -0.2) is 24.5 Å². The van der Waals surface area contributed by atoms with E-state index < -0.39 is 0 Å². The molecule has 1 heterocycles. The summed E-state index contributed by atoms with van der Waals surface area (Å²) in [7, 11) is 1.62. The first-order valence-corrected chi connectivity index (χ1v) is 11.2. The van der Waals surface area contributed by atoms with Crippen LogP contribution in [0.4, 0.5) is 5.69 Å². The van der Waals surface area contributed by atoms with Gasteiger partial charge in [0.1, 0.15) is 24.3 Å². The van der Waals surface area contributed by atoms with Gasteiger partial charge < -0.3 is 19.7 Å². The number of carbonyl (C=O) groups is 1. The first-order chi connectivity index (χ1) is 15.5. The predicted molar refractivity (Wildman–Crippen MR) is 128 cm³/mol. The van der Waals surface area contributed by atoms with Crippen molar-refractivity contribution in [2.24, 2.45) is 0 Å². The van der Waals surface area contributed by atoms with Gasteiger partial charge in [-0.1, -0.05) is 48.3 Å². The van der Waals surface area contributed by atoms with E-state index in [-0.39, 0.29) is 18.7 Å². The van der Waals surface area contributed by atoms with Crippen molar-refractivity contribution >= 4 is 34.8 Å². The third-order valence-electron chi connectivity index (χ3n) is 5.38. The van der Waals surface area contributed by atoms with E-state index >= 15 is 0 Å². The van der Waals surface area contributed by atoms with Crippen LogP contribution in [0.2, 0.25) is 10.0 Å². The van der Waals surface area contributed by atoms with E-state index in [9.17, 15) is 4.79 Å². The Kier molecular flexibility index (Phi) is 6.77. The number of benzene rings is 3. The molecule has 1 N–H and O–H groups in total. The lowest BCUT2D eigenvalue weighted by Crippen LogP contribution is -2.43. The molecule has 3 aromatic carbocycles. The number of halogens is 2. The first kappa shape index (κ1) is 22.3. The number of methoxy groups -OCH3 is 1. The molecule has 4 rings (SSSR count). The number of amides is 1. The third-order valence-corrected chi connectivity index (χ3v) is 5.91. The van der Waals surface area contributed by atoms with Gasteiger partial charge in [0.2, 0.25) is 0 Å². The highest BCUT2D eigenvalue weighted by Crippen LogP contribution is 2.35. The molecule has 1 amide bonds. The number of fused-ring (bicyclic) bond motifs is 1. The summed E-state index contributed by atoms with van der Waals surface area (Å²) in [6.07, 6.45) is 0.564. The van der Waals surface area contributed by atoms with Gasteiger partial charge >= 0.3 is 0 Å². The second kappa shape index (κ2) is 9.72. The van der Waals surface area contributed by atoms with Gasteiger partial charge in [0.05, 0.1) is 17.7 Å². The van der Waals surface area contributed by atoms with Crippen molar-refractivity contribution < 1.29 is 14.3 Å². The van der Waals surface area contributed by atoms with Crippen LogP contribution in [0.1, 0.15) is 41.0 Å². The molecule has 0 aromatic heterocycles. The summed E-state index contributed by atoms with van der Waals surface area (Å²) in [6.45, 7) is 2.96. The Hall–Kier alpha value is -2.89. The number of rotatable bonds is 7. The van der Waals surface area contributed by atoms with Gasteiger partial charge in [0.15, 0.2) is 0 Å². The van der Waals surface area contributed by atoms with E-state index in [0.29, 0.717) is 33.7 Å². The van der Waals surface area contributed by atoms with Crippen LogP contribution < -0.4 is 14.8 Å². The minimum Gasteiger partial charge on any atom is -0.496 e. The summed E-state index contributed by atoms with van der Waals surface area (Å²) in [5, 5.41) is 4.51. The fourth-order valence-corrected chi connectivity index (χ4v) is 4.32. The summed E-state index contributed by atoms with van der Waals surface area (Å²) in [4.78, 5) is 15.1. The lowest BCUT2D eigenvalue weighted by Gasteiger charge is -2.38. The van der Waals surface area contributed by atoms with E-state index in [4.69, 9.17) is 32.7 Å². The van der Waals surface area contributed by atoms with Gasteiger partial charge in [-0.15, -0.1) is 0 Å². The van der Waals surface area contributed by atoms with E-state index in [1.165, 1.54) is 0 Å². The fraction of sp³-hybridized carbons (Fsp3) is 0.240. The highest BCUT2D eigenvalue weighted by atomic mass is 35.5. The van der Waals surface area contributed by atoms with E-state index in [1.54, 1.807) is 25.3 Å². The van der Waals surface area contributed by atoms with Crippen molar-refractivity contribution in [3.05, 3.63) is 87.4 Å². The van der Waals surface area contributed by atoms with Crippen LogP contribution in [0.25, 0.3) is 0 Å².